The first-order chi connectivity index (χ1) is 12.6. The number of amides is 1. The molecule has 1 aromatic heterocycles. The molecule has 138 valence electrons. The maximum Gasteiger partial charge on any atom is 0.230 e. The van der Waals surface area contributed by atoms with Crippen molar-refractivity contribution < 1.29 is 9.18 Å². The van der Waals surface area contributed by atoms with E-state index in [1.54, 1.807) is 18.5 Å². The van der Waals surface area contributed by atoms with Gasteiger partial charge < -0.3 is 9.88 Å². The Morgan fingerprint density at radius 2 is 2.08 bits per heavy atom. The summed E-state index contributed by atoms with van der Waals surface area (Å²) in [5.74, 6) is 0.286. The van der Waals surface area contributed by atoms with Gasteiger partial charge in [-0.2, -0.15) is 0 Å². The van der Waals surface area contributed by atoms with Crippen LogP contribution in [0.3, 0.4) is 0 Å². The smallest absolute Gasteiger partial charge is 0.230 e. The number of hydrogen-bond acceptors (Lipinski definition) is 3. The summed E-state index contributed by atoms with van der Waals surface area (Å²) in [6, 6.07) is 6.56. The van der Waals surface area contributed by atoms with Crippen molar-refractivity contribution in [3.63, 3.8) is 0 Å². The number of aryl methyl sites for hydroxylation is 1. The third kappa shape index (κ3) is 3.51. The van der Waals surface area contributed by atoms with Gasteiger partial charge in [-0.3, -0.25) is 9.69 Å². The van der Waals surface area contributed by atoms with Gasteiger partial charge in [0.05, 0.1) is 23.6 Å². The van der Waals surface area contributed by atoms with Crippen molar-refractivity contribution in [2.24, 2.45) is 13.0 Å². The molecule has 1 N–H and O–H groups in total. The average Bonchev–Trinajstić information content (AvgIpc) is 2.96. The molecule has 0 unspecified atom stereocenters. The van der Waals surface area contributed by atoms with Crippen LogP contribution in [0.4, 0.5) is 4.39 Å². The van der Waals surface area contributed by atoms with E-state index in [9.17, 15) is 9.18 Å². The molecule has 1 saturated carbocycles. The number of aromatic nitrogens is 2. The van der Waals surface area contributed by atoms with Crippen LogP contribution in [0.15, 0.2) is 30.6 Å². The summed E-state index contributed by atoms with van der Waals surface area (Å²) < 4.78 is 15.1. The first-order valence-corrected chi connectivity index (χ1v) is 9.34. The van der Waals surface area contributed by atoms with Crippen molar-refractivity contribution in [1.82, 2.24) is 19.8 Å². The van der Waals surface area contributed by atoms with Gasteiger partial charge in [-0.15, -0.1) is 0 Å². The van der Waals surface area contributed by atoms with Crippen molar-refractivity contribution in [3.8, 4) is 0 Å². The van der Waals surface area contributed by atoms with E-state index in [1.165, 1.54) is 31.4 Å². The Balaban J connectivity index is 1.49. The molecule has 4 rings (SSSR count). The molecule has 2 aromatic rings. The lowest BCUT2D eigenvalue weighted by atomic mass is 9.85. The van der Waals surface area contributed by atoms with E-state index in [1.807, 2.05) is 11.6 Å². The standard InChI is InChI=1S/C20H25FN4O/c1-24-13-23-18-12-25(10-15-5-7-16(21)8-6-15)11-17(19(18)24)20(26)22-9-14-3-2-4-14/h5-8,13-14,17H,2-4,9-12H2,1H3,(H,22,26)/t17-/m0/s1. The molecule has 1 aliphatic carbocycles. The fourth-order valence-electron chi connectivity index (χ4n) is 3.92. The van der Waals surface area contributed by atoms with Crippen LogP contribution in [0.1, 0.15) is 42.1 Å². The molecule has 1 fully saturated rings. The second-order valence-corrected chi connectivity index (χ2v) is 7.58. The molecule has 0 radical (unpaired) electrons. The lowest BCUT2D eigenvalue weighted by molar-refractivity contribution is -0.123. The minimum Gasteiger partial charge on any atom is -0.355 e. The van der Waals surface area contributed by atoms with E-state index in [0.717, 1.165) is 23.5 Å². The molecule has 6 heteroatoms. The first kappa shape index (κ1) is 17.2. The molecule has 0 spiro atoms. The van der Waals surface area contributed by atoms with Crippen LogP contribution in [0.2, 0.25) is 0 Å². The van der Waals surface area contributed by atoms with Gasteiger partial charge in [0.1, 0.15) is 5.82 Å². The quantitative estimate of drug-likeness (QED) is 0.896. The number of carbonyl (C=O) groups excluding carboxylic acids is 1. The van der Waals surface area contributed by atoms with Crippen LogP contribution in [0.25, 0.3) is 0 Å². The molecular weight excluding hydrogens is 331 g/mol. The van der Waals surface area contributed by atoms with Crippen molar-refractivity contribution >= 4 is 5.91 Å². The van der Waals surface area contributed by atoms with E-state index < -0.39 is 0 Å². The third-order valence-electron chi connectivity index (χ3n) is 5.63. The number of halogens is 1. The number of carbonyl (C=O) groups is 1. The molecule has 2 heterocycles. The van der Waals surface area contributed by atoms with Gasteiger partial charge in [0, 0.05) is 33.2 Å². The van der Waals surface area contributed by atoms with Crippen LogP contribution in [-0.4, -0.2) is 33.4 Å². The highest BCUT2D eigenvalue weighted by Gasteiger charge is 2.34. The predicted molar refractivity (Wildman–Crippen MR) is 96.8 cm³/mol. The minimum atomic E-state index is -0.229. The lowest BCUT2D eigenvalue weighted by Crippen LogP contribution is -2.43. The van der Waals surface area contributed by atoms with E-state index in [2.05, 4.69) is 15.2 Å². The number of fused-ring (bicyclic) bond motifs is 1. The Morgan fingerprint density at radius 1 is 1.31 bits per heavy atom. The molecule has 0 bridgehead atoms. The molecule has 5 nitrogen and oxygen atoms in total. The van der Waals surface area contributed by atoms with Gasteiger partial charge in [-0.1, -0.05) is 18.6 Å². The van der Waals surface area contributed by atoms with Crippen LogP contribution in [0, 0.1) is 11.7 Å². The molecule has 1 aliphatic heterocycles. The van der Waals surface area contributed by atoms with Crippen LogP contribution in [-0.2, 0) is 24.9 Å². The minimum absolute atomic E-state index is 0.0885. The Morgan fingerprint density at radius 3 is 2.77 bits per heavy atom. The highest BCUT2D eigenvalue weighted by molar-refractivity contribution is 5.84. The highest BCUT2D eigenvalue weighted by Crippen LogP contribution is 2.29. The predicted octanol–water partition coefficient (Wildman–Crippen LogP) is 2.57. The van der Waals surface area contributed by atoms with E-state index in [0.29, 0.717) is 25.6 Å². The van der Waals surface area contributed by atoms with Crippen molar-refractivity contribution in [2.75, 3.05) is 13.1 Å². The summed E-state index contributed by atoms with van der Waals surface area (Å²) >= 11 is 0. The van der Waals surface area contributed by atoms with Gasteiger partial charge in [-0.05, 0) is 36.5 Å². The number of benzene rings is 1. The first-order valence-electron chi connectivity index (χ1n) is 9.34. The van der Waals surface area contributed by atoms with Crippen molar-refractivity contribution in [2.45, 2.75) is 38.3 Å². The fourth-order valence-corrected chi connectivity index (χ4v) is 3.92. The van der Waals surface area contributed by atoms with Crippen LogP contribution < -0.4 is 5.32 Å². The lowest BCUT2D eigenvalue weighted by Gasteiger charge is -2.33. The monoisotopic (exact) mass is 356 g/mol. The number of nitrogens with one attached hydrogen (secondary N) is 1. The third-order valence-corrected chi connectivity index (χ3v) is 5.63. The van der Waals surface area contributed by atoms with E-state index in [-0.39, 0.29) is 17.6 Å². The maximum atomic E-state index is 13.1. The average molecular weight is 356 g/mol. The molecular formula is C20H25FN4O. The molecule has 1 amide bonds. The van der Waals surface area contributed by atoms with Gasteiger partial charge in [0.2, 0.25) is 5.91 Å². The molecule has 0 saturated heterocycles. The van der Waals surface area contributed by atoms with Crippen molar-refractivity contribution in [3.05, 3.63) is 53.4 Å². The van der Waals surface area contributed by atoms with Crippen molar-refractivity contribution in [1.29, 1.82) is 0 Å². The summed E-state index contributed by atoms with van der Waals surface area (Å²) in [7, 11) is 1.95. The number of imidazole rings is 1. The van der Waals surface area contributed by atoms with Gasteiger partial charge in [-0.25, -0.2) is 9.37 Å². The second-order valence-electron chi connectivity index (χ2n) is 7.58. The zero-order valence-electron chi connectivity index (χ0n) is 15.1. The number of nitrogens with zero attached hydrogens (tertiary/aromatic N) is 3. The maximum absolute atomic E-state index is 13.1. The summed E-state index contributed by atoms with van der Waals surface area (Å²) in [6.07, 6.45) is 5.51. The zero-order chi connectivity index (χ0) is 18.1. The molecule has 26 heavy (non-hydrogen) atoms. The summed E-state index contributed by atoms with van der Waals surface area (Å²) in [5, 5.41) is 3.15. The summed E-state index contributed by atoms with van der Waals surface area (Å²) in [5.41, 5.74) is 3.02. The van der Waals surface area contributed by atoms with Gasteiger partial charge in [0.25, 0.3) is 0 Å². The Labute approximate surface area is 153 Å². The number of rotatable bonds is 5. The van der Waals surface area contributed by atoms with Gasteiger partial charge >= 0.3 is 0 Å². The Hall–Kier alpha value is -2.21. The summed E-state index contributed by atoms with van der Waals surface area (Å²) in [6.45, 7) is 2.82. The fraction of sp³-hybridized carbons (Fsp3) is 0.500. The Bertz CT molecular complexity index is 782. The largest absolute Gasteiger partial charge is 0.355 e. The molecule has 2 aliphatic rings. The highest BCUT2D eigenvalue weighted by atomic mass is 19.1. The summed E-state index contributed by atoms with van der Waals surface area (Å²) in [4.78, 5) is 19.6. The van der Waals surface area contributed by atoms with Crippen LogP contribution in [0.5, 0.6) is 0 Å². The van der Waals surface area contributed by atoms with Gasteiger partial charge in [0.15, 0.2) is 0 Å². The Kier molecular flexibility index (Phi) is 4.76. The number of hydrogen-bond donors (Lipinski definition) is 1. The molecule has 1 aromatic carbocycles. The SMILES string of the molecule is Cn1cnc2c1[C@@H](C(=O)NCC1CCC1)CN(Cc1ccc(F)cc1)C2. The topological polar surface area (TPSA) is 50.2 Å². The van der Waals surface area contributed by atoms with E-state index in [4.69, 9.17) is 0 Å². The normalized spacial score (nSPS) is 20.5. The van der Waals surface area contributed by atoms with Crippen LogP contribution >= 0.6 is 0 Å². The zero-order valence-corrected chi connectivity index (χ0v) is 15.1. The van der Waals surface area contributed by atoms with E-state index >= 15 is 0 Å². The molecule has 1 atom stereocenters. The second kappa shape index (κ2) is 7.19.